The predicted octanol–water partition coefficient (Wildman–Crippen LogP) is 5.56. The van der Waals surface area contributed by atoms with Gasteiger partial charge in [0.25, 0.3) is 0 Å². The molecule has 0 amide bonds. The fraction of sp³-hybridized carbons (Fsp3) is 0.200. The Labute approximate surface area is 176 Å². The first-order valence-corrected chi connectivity index (χ1v) is 9.35. The maximum absolute atomic E-state index is 13.8. The van der Waals surface area contributed by atoms with Gasteiger partial charge in [-0.1, -0.05) is 23.2 Å². The van der Waals surface area contributed by atoms with Crippen molar-refractivity contribution < 1.29 is 19.0 Å². The molecule has 2 aromatic heterocycles. The second-order valence-electron chi connectivity index (χ2n) is 6.55. The summed E-state index contributed by atoms with van der Waals surface area (Å²) in [6.45, 7) is 5.13. The number of aromatic carboxylic acids is 1. The van der Waals surface area contributed by atoms with Crippen molar-refractivity contribution >= 4 is 35.0 Å². The molecular weight excluding hydrogens is 420 g/mol. The lowest BCUT2D eigenvalue weighted by Gasteiger charge is -2.19. The molecule has 3 aromatic rings. The molecule has 9 heteroatoms. The number of aromatic nitrogens is 2. The van der Waals surface area contributed by atoms with E-state index in [1.807, 2.05) is 0 Å². The van der Waals surface area contributed by atoms with Gasteiger partial charge in [-0.05, 0) is 44.5 Å². The van der Waals surface area contributed by atoms with E-state index in [2.05, 4.69) is 9.97 Å². The second-order valence-corrected chi connectivity index (χ2v) is 7.34. The Morgan fingerprint density at radius 2 is 2.03 bits per heavy atom. The summed E-state index contributed by atoms with van der Waals surface area (Å²) in [4.78, 5) is 18.4. The minimum atomic E-state index is -1.05. The highest BCUT2D eigenvalue weighted by atomic mass is 35.5. The average Bonchev–Trinajstić information content (AvgIpc) is 2.95. The van der Waals surface area contributed by atoms with Crippen LogP contribution in [-0.4, -0.2) is 21.0 Å². The van der Waals surface area contributed by atoms with Crippen molar-refractivity contribution in [1.29, 1.82) is 0 Å². The van der Waals surface area contributed by atoms with Crippen LogP contribution >= 0.6 is 23.2 Å². The summed E-state index contributed by atoms with van der Waals surface area (Å²) in [6.07, 6.45) is 0.817. The third-order valence-electron chi connectivity index (χ3n) is 4.61. The number of pyridine rings is 1. The molecule has 1 unspecified atom stereocenters. The number of H-pyrrole nitrogens is 1. The summed E-state index contributed by atoms with van der Waals surface area (Å²) in [5.41, 5.74) is 8.89. The zero-order chi connectivity index (χ0) is 21.5. The van der Waals surface area contributed by atoms with Crippen molar-refractivity contribution in [2.24, 2.45) is 0 Å². The summed E-state index contributed by atoms with van der Waals surface area (Å²) in [7, 11) is 0. The number of halogens is 3. The van der Waals surface area contributed by atoms with E-state index in [0.29, 0.717) is 27.9 Å². The van der Waals surface area contributed by atoms with Gasteiger partial charge < -0.3 is 20.6 Å². The fourth-order valence-corrected chi connectivity index (χ4v) is 3.93. The number of carboxylic acids is 1. The number of nitrogen functional groups attached to an aromatic ring is 1. The van der Waals surface area contributed by atoms with Gasteiger partial charge in [-0.3, -0.25) is 0 Å². The van der Waals surface area contributed by atoms with Crippen LogP contribution in [0.25, 0.3) is 11.1 Å². The molecule has 6 nitrogen and oxygen atoms in total. The molecule has 0 bridgehead atoms. The first-order valence-electron chi connectivity index (χ1n) is 8.60. The number of aryl methyl sites for hydroxylation is 1. The van der Waals surface area contributed by atoms with Crippen LogP contribution in [-0.2, 0) is 0 Å². The van der Waals surface area contributed by atoms with Crippen molar-refractivity contribution in [3.05, 3.63) is 62.8 Å². The Balaban J connectivity index is 2.02. The van der Waals surface area contributed by atoms with E-state index in [1.54, 1.807) is 26.8 Å². The Morgan fingerprint density at radius 3 is 2.66 bits per heavy atom. The number of carbonyl (C=O) groups is 1. The van der Waals surface area contributed by atoms with Crippen LogP contribution in [0.15, 0.2) is 24.4 Å². The van der Waals surface area contributed by atoms with Crippen molar-refractivity contribution in [2.45, 2.75) is 26.9 Å². The van der Waals surface area contributed by atoms with Crippen molar-refractivity contribution in [3.8, 4) is 16.9 Å². The van der Waals surface area contributed by atoms with Gasteiger partial charge in [0.15, 0.2) is 11.6 Å². The lowest BCUT2D eigenvalue weighted by Crippen LogP contribution is -2.08. The molecule has 4 N–H and O–H groups in total. The summed E-state index contributed by atoms with van der Waals surface area (Å²) < 4.78 is 19.7. The molecule has 152 valence electrons. The van der Waals surface area contributed by atoms with E-state index in [1.165, 1.54) is 18.3 Å². The van der Waals surface area contributed by atoms with Crippen molar-refractivity contribution in [3.63, 3.8) is 0 Å². The molecule has 0 aliphatic carbocycles. The number of anilines is 1. The van der Waals surface area contributed by atoms with Crippen LogP contribution in [0.5, 0.6) is 5.75 Å². The Kier molecular flexibility index (Phi) is 5.73. The molecule has 0 aliphatic heterocycles. The number of aromatic amines is 1. The minimum absolute atomic E-state index is 0.100. The van der Waals surface area contributed by atoms with Crippen LogP contribution in [0.2, 0.25) is 10.0 Å². The number of hydrogen-bond acceptors (Lipinski definition) is 4. The first kappa shape index (κ1) is 21.0. The van der Waals surface area contributed by atoms with Crippen LogP contribution in [0.4, 0.5) is 10.2 Å². The molecule has 3 rings (SSSR count). The number of nitrogens with zero attached hydrogens (tertiary/aromatic N) is 1. The van der Waals surface area contributed by atoms with Crippen LogP contribution in [0.3, 0.4) is 0 Å². The molecule has 0 aliphatic rings. The highest BCUT2D eigenvalue weighted by Crippen LogP contribution is 2.38. The summed E-state index contributed by atoms with van der Waals surface area (Å²) >= 11 is 12.2. The Bertz CT molecular complexity index is 1110. The first-order chi connectivity index (χ1) is 13.6. The van der Waals surface area contributed by atoms with E-state index in [4.69, 9.17) is 33.7 Å². The van der Waals surface area contributed by atoms with Crippen LogP contribution in [0.1, 0.15) is 40.3 Å². The van der Waals surface area contributed by atoms with Gasteiger partial charge in [-0.2, -0.15) is 0 Å². The smallest absolute Gasteiger partial charge is 0.352 e. The molecular formula is C20H18Cl2FN3O3. The van der Waals surface area contributed by atoms with Crippen molar-refractivity contribution in [1.82, 2.24) is 9.97 Å². The molecule has 29 heavy (non-hydrogen) atoms. The normalized spacial score (nSPS) is 12.1. The highest BCUT2D eigenvalue weighted by molar-refractivity contribution is 6.36. The number of rotatable bonds is 5. The molecule has 1 atom stereocenters. The van der Waals surface area contributed by atoms with E-state index in [-0.39, 0.29) is 27.3 Å². The second kappa shape index (κ2) is 7.93. The topological polar surface area (TPSA) is 101 Å². The van der Waals surface area contributed by atoms with E-state index in [0.717, 1.165) is 0 Å². The summed E-state index contributed by atoms with van der Waals surface area (Å²) in [5.74, 6) is -1.31. The number of carboxylic acid groups (broad SMARTS) is 1. The monoisotopic (exact) mass is 437 g/mol. The van der Waals surface area contributed by atoms with Crippen LogP contribution < -0.4 is 10.5 Å². The number of ether oxygens (including phenoxy) is 1. The highest BCUT2D eigenvalue weighted by Gasteiger charge is 2.22. The van der Waals surface area contributed by atoms with E-state index in [9.17, 15) is 14.3 Å². The maximum Gasteiger partial charge on any atom is 0.352 e. The third-order valence-corrected chi connectivity index (χ3v) is 5.33. The van der Waals surface area contributed by atoms with Gasteiger partial charge in [-0.15, -0.1) is 0 Å². The fourth-order valence-electron chi connectivity index (χ4n) is 3.25. The van der Waals surface area contributed by atoms with E-state index >= 15 is 0 Å². The molecule has 1 aromatic carbocycles. The standard InChI is InChI=1S/C20H18Cl2FN3O3/c1-8-15(9(2)26-18(8)20(27)28)11-6-14(19(24)25-7-11)29-10(3)16-12(21)4-5-13(23)17(16)22/h4-7,10,26H,1-3H3,(H2,24,25)(H,27,28). The van der Waals surface area contributed by atoms with Gasteiger partial charge >= 0.3 is 5.97 Å². The number of nitrogens with two attached hydrogens (primary N) is 1. The third kappa shape index (κ3) is 3.88. The van der Waals surface area contributed by atoms with Gasteiger partial charge in [0.2, 0.25) is 0 Å². The Hall–Kier alpha value is -2.77. The predicted molar refractivity (Wildman–Crippen MR) is 110 cm³/mol. The average molecular weight is 438 g/mol. The summed E-state index contributed by atoms with van der Waals surface area (Å²) in [6, 6.07) is 4.22. The summed E-state index contributed by atoms with van der Waals surface area (Å²) in [5, 5.41) is 9.45. The molecule has 0 radical (unpaired) electrons. The van der Waals surface area contributed by atoms with Crippen LogP contribution in [0, 0.1) is 19.7 Å². The van der Waals surface area contributed by atoms with Gasteiger partial charge in [0, 0.05) is 33.6 Å². The lowest BCUT2D eigenvalue weighted by molar-refractivity contribution is 0.0690. The van der Waals surface area contributed by atoms with Gasteiger partial charge in [0.05, 0.1) is 5.02 Å². The maximum atomic E-state index is 13.8. The largest absolute Gasteiger partial charge is 0.482 e. The SMILES string of the molecule is Cc1[nH]c(C(=O)O)c(C)c1-c1cnc(N)c(OC(C)c2c(Cl)ccc(F)c2Cl)c1. The Morgan fingerprint density at radius 1 is 1.34 bits per heavy atom. The molecule has 0 saturated carbocycles. The van der Waals surface area contributed by atoms with Gasteiger partial charge in [0.1, 0.15) is 17.6 Å². The molecule has 0 spiro atoms. The zero-order valence-corrected chi connectivity index (χ0v) is 17.3. The molecule has 2 heterocycles. The zero-order valence-electron chi connectivity index (χ0n) is 15.8. The van der Waals surface area contributed by atoms with Crippen molar-refractivity contribution in [2.75, 3.05) is 5.73 Å². The minimum Gasteiger partial charge on any atom is -0.482 e. The van der Waals surface area contributed by atoms with E-state index < -0.39 is 17.9 Å². The molecule has 0 fully saturated rings. The molecule has 0 saturated heterocycles. The number of hydrogen-bond donors (Lipinski definition) is 3. The lowest BCUT2D eigenvalue weighted by atomic mass is 10.0. The van der Waals surface area contributed by atoms with Gasteiger partial charge in [-0.25, -0.2) is 14.2 Å². The number of benzene rings is 1. The quantitative estimate of drug-likeness (QED) is 0.453. The number of nitrogens with one attached hydrogen (secondary N) is 1.